The number of hydrogen-bond acceptors (Lipinski definition) is 3. The van der Waals surface area contributed by atoms with Gasteiger partial charge in [-0.15, -0.1) is 0 Å². The Morgan fingerprint density at radius 2 is 2.12 bits per heavy atom. The van der Waals surface area contributed by atoms with Crippen molar-refractivity contribution in [3.05, 3.63) is 33.8 Å². The van der Waals surface area contributed by atoms with Crippen molar-refractivity contribution in [2.75, 3.05) is 26.2 Å². The molecule has 1 fully saturated rings. The van der Waals surface area contributed by atoms with Crippen LogP contribution in [0.3, 0.4) is 0 Å². The molecule has 1 aromatic carbocycles. The summed E-state index contributed by atoms with van der Waals surface area (Å²) < 4.78 is 1.09. The molecule has 0 bridgehead atoms. The molecule has 0 atom stereocenters. The number of rotatable bonds is 2. The fourth-order valence-corrected chi connectivity index (χ4v) is 2.25. The largest absolute Gasteiger partial charge is 0.314 e. The summed E-state index contributed by atoms with van der Waals surface area (Å²) in [5.74, 6) is 0. The molecular weight excluding hydrogens is 266 g/mol. The number of halogens is 1. The van der Waals surface area contributed by atoms with Crippen LogP contribution in [0.25, 0.3) is 0 Å². The van der Waals surface area contributed by atoms with Gasteiger partial charge >= 0.3 is 0 Å². The fraction of sp³-hybridized carbons (Fsp3) is 0.417. The van der Waals surface area contributed by atoms with Gasteiger partial charge in [-0.2, -0.15) is 5.26 Å². The molecule has 0 spiro atoms. The highest BCUT2D eigenvalue weighted by molar-refractivity contribution is 9.10. The van der Waals surface area contributed by atoms with E-state index in [1.165, 1.54) is 5.56 Å². The van der Waals surface area contributed by atoms with Crippen molar-refractivity contribution in [2.24, 2.45) is 0 Å². The molecule has 1 N–H and O–H groups in total. The second kappa shape index (κ2) is 5.44. The van der Waals surface area contributed by atoms with Crippen LogP contribution in [0.2, 0.25) is 0 Å². The smallest absolute Gasteiger partial charge is 0.0991 e. The summed E-state index contributed by atoms with van der Waals surface area (Å²) in [5, 5.41) is 12.2. The summed E-state index contributed by atoms with van der Waals surface area (Å²) in [7, 11) is 0. The molecular formula is C12H14BrN3. The first-order valence-corrected chi connectivity index (χ1v) is 6.20. The van der Waals surface area contributed by atoms with Crippen molar-refractivity contribution >= 4 is 15.9 Å². The van der Waals surface area contributed by atoms with Crippen molar-refractivity contribution in [2.45, 2.75) is 6.54 Å². The van der Waals surface area contributed by atoms with Crippen LogP contribution in [0.1, 0.15) is 11.1 Å². The second-order valence-corrected chi connectivity index (χ2v) is 4.80. The lowest BCUT2D eigenvalue weighted by Gasteiger charge is -2.27. The summed E-state index contributed by atoms with van der Waals surface area (Å²) >= 11 is 3.53. The van der Waals surface area contributed by atoms with Gasteiger partial charge in [-0.25, -0.2) is 0 Å². The summed E-state index contributed by atoms with van der Waals surface area (Å²) in [6.07, 6.45) is 0. The number of benzene rings is 1. The van der Waals surface area contributed by atoms with Crippen molar-refractivity contribution in [1.29, 1.82) is 5.26 Å². The first-order valence-electron chi connectivity index (χ1n) is 5.41. The minimum Gasteiger partial charge on any atom is -0.314 e. The van der Waals surface area contributed by atoms with Crippen molar-refractivity contribution < 1.29 is 0 Å². The standard InChI is InChI=1S/C12H14BrN3/c13-12-2-1-10(8-14)7-11(12)9-16-5-3-15-4-6-16/h1-2,7,15H,3-6,9H2. The molecule has 1 aliphatic rings. The fourth-order valence-electron chi connectivity index (χ4n) is 1.88. The van der Waals surface area contributed by atoms with Crippen LogP contribution in [-0.4, -0.2) is 31.1 Å². The van der Waals surface area contributed by atoms with Crippen molar-refractivity contribution in [1.82, 2.24) is 10.2 Å². The molecule has 0 saturated carbocycles. The molecule has 2 rings (SSSR count). The average molecular weight is 280 g/mol. The van der Waals surface area contributed by atoms with E-state index in [1.54, 1.807) is 0 Å². The molecule has 16 heavy (non-hydrogen) atoms. The van der Waals surface area contributed by atoms with Crippen molar-refractivity contribution in [3.8, 4) is 6.07 Å². The number of nitrogens with zero attached hydrogens (tertiary/aromatic N) is 2. The summed E-state index contributed by atoms with van der Waals surface area (Å²) in [6.45, 7) is 5.16. The van der Waals surface area contributed by atoms with Gasteiger partial charge in [0.25, 0.3) is 0 Å². The summed E-state index contributed by atoms with van der Waals surface area (Å²) in [6, 6.07) is 7.94. The van der Waals surface area contributed by atoms with E-state index in [0.29, 0.717) is 0 Å². The molecule has 1 aliphatic heterocycles. The van der Waals surface area contributed by atoms with Gasteiger partial charge in [-0.05, 0) is 23.8 Å². The Labute approximate surface area is 104 Å². The van der Waals surface area contributed by atoms with Gasteiger partial charge in [-0.3, -0.25) is 4.90 Å². The lowest BCUT2D eigenvalue weighted by Crippen LogP contribution is -2.42. The van der Waals surface area contributed by atoms with Crippen molar-refractivity contribution in [3.63, 3.8) is 0 Å². The van der Waals surface area contributed by atoms with Crippen LogP contribution in [0.5, 0.6) is 0 Å². The minimum atomic E-state index is 0.730. The van der Waals surface area contributed by atoms with E-state index in [9.17, 15) is 0 Å². The zero-order valence-corrected chi connectivity index (χ0v) is 10.6. The predicted molar refractivity (Wildman–Crippen MR) is 67.0 cm³/mol. The highest BCUT2D eigenvalue weighted by Crippen LogP contribution is 2.20. The van der Waals surface area contributed by atoms with Crippen LogP contribution in [0.4, 0.5) is 0 Å². The van der Waals surface area contributed by atoms with Gasteiger partial charge in [0.15, 0.2) is 0 Å². The molecule has 3 nitrogen and oxygen atoms in total. The Kier molecular flexibility index (Phi) is 3.94. The van der Waals surface area contributed by atoms with Gasteiger partial charge in [0.1, 0.15) is 0 Å². The lowest BCUT2D eigenvalue weighted by atomic mass is 10.1. The Balaban J connectivity index is 2.10. The predicted octanol–water partition coefficient (Wildman–Crippen LogP) is 1.73. The Morgan fingerprint density at radius 1 is 1.38 bits per heavy atom. The van der Waals surface area contributed by atoms with E-state index in [-0.39, 0.29) is 0 Å². The van der Waals surface area contributed by atoms with Gasteiger partial charge in [0.05, 0.1) is 11.6 Å². The Bertz CT molecular complexity index is 405. The molecule has 0 amide bonds. The van der Waals surface area contributed by atoms with E-state index in [2.05, 4.69) is 32.2 Å². The molecule has 4 heteroatoms. The van der Waals surface area contributed by atoms with E-state index >= 15 is 0 Å². The number of hydrogen-bond donors (Lipinski definition) is 1. The zero-order chi connectivity index (χ0) is 11.4. The first kappa shape index (κ1) is 11.6. The normalized spacial score (nSPS) is 17.0. The SMILES string of the molecule is N#Cc1ccc(Br)c(CN2CCNCC2)c1. The first-order chi connectivity index (χ1) is 7.79. The van der Waals surface area contributed by atoms with Crippen LogP contribution in [0, 0.1) is 11.3 Å². The summed E-state index contributed by atoms with van der Waals surface area (Å²) in [4.78, 5) is 2.40. The Morgan fingerprint density at radius 3 is 2.81 bits per heavy atom. The van der Waals surface area contributed by atoms with Gasteiger partial charge in [0.2, 0.25) is 0 Å². The molecule has 0 aromatic heterocycles. The molecule has 0 aliphatic carbocycles. The topological polar surface area (TPSA) is 39.1 Å². The monoisotopic (exact) mass is 279 g/mol. The van der Waals surface area contributed by atoms with E-state index in [0.717, 1.165) is 42.8 Å². The lowest BCUT2D eigenvalue weighted by molar-refractivity contribution is 0.233. The Hall–Kier alpha value is -0.890. The highest BCUT2D eigenvalue weighted by Gasteiger charge is 2.11. The molecule has 0 unspecified atom stereocenters. The molecule has 84 valence electrons. The number of nitriles is 1. The number of nitrogens with one attached hydrogen (secondary N) is 1. The second-order valence-electron chi connectivity index (χ2n) is 3.94. The van der Waals surface area contributed by atoms with Gasteiger partial charge in [0, 0.05) is 37.2 Å². The van der Waals surface area contributed by atoms with Crippen LogP contribution < -0.4 is 5.32 Å². The molecule has 0 radical (unpaired) electrons. The molecule has 1 saturated heterocycles. The maximum atomic E-state index is 8.87. The van der Waals surface area contributed by atoms with E-state index < -0.39 is 0 Å². The third-order valence-electron chi connectivity index (χ3n) is 2.78. The molecule has 1 aromatic rings. The van der Waals surface area contributed by atoms with Crippen LogP contribution >= 0.6 is 15.9 Å². The van der Waals surface area contributed by atoms with Gasteiger partial charge < -0.3 is 5.32 Å². The quantitative estimate of drug-likeness (QED) is 0.896. The highest BCUT2D eigenvalue weighted by atomic mass is 79.9. The van der Waals surface area contributed by atoms with Gasteiger partial charge in [-0.1, -0.05) is 15.9 Å². The minimum absolute atomic E-state index is 0.730. The van der Waals surface area contributed by atoms with E-state index in [4.69, 9.17) is 5.26 Å². The third-order valence-corrected chi connectivity index (χ3v) is 3.55. The molecule has 1 heterocycles. The maximum Gasteiger partial charge on any atom is 0.0991 e. The third kappa shape index (κ3) is 2.82. The zero-order valence-electron chi connectivity index (χ0n) is 9.04. The summed E-state index contributed by atoms with van der Waals surface area (Å²) in [5.41, 5.74) is 1.93. The average Bonchev–Trinajstić information content (AvgIpc) is 2.33. The van der Waals surface area contributed by atoms with Crippen LogP contribution in [-0.2, 0) is 6.54 Å². The van der Waals surface area contributed by atoms with Crippen LogP contribution in [0.15, 0.2) is 22.7 Å². The number of piperazine rings is 1. The van der Waals surface area contributed by atoms with E-state index in [1.807, 2.05) is 18.2 Å². The maximum absolute atomic E-state index is 8.87.